The maximum Gasteiger partial charge on any atom is 0.246 e. The van der Waals surface area contributed by atoms with Crippen molar-refractivity contribution in [3.63, 3.8) is 0 Å². The Kier molecular flexibility index (Phi) is 4.62. The topological polar surface area (TPSA) is 82.4 Å². The van der Waals surface area contributed by atoms with Crippen molar-refractivity contribution >= 4 is 40.0 Å². The van der Waals surface area contributed by atoms with E-state index < -0.39 is 5.82 Å². The molecule has 0 radical (unpaired) electrons. The second-order valence-corrected chi connectivity index (χ2v) is 7.87. The molecule has 1 amide bonds. The Morgan fingerprint density at radius 3 is 2.74 bits per heavy atom. The number of pyridine rings is 1. The van der Waals surface area contributed by atoms with Crippen molar-refractivity contribution in [2.45, 2.75) is 6.92 Å². The molecule has 0 saturated carbocycles. The minimum atomic E-state index is -0.538. The number of aromatic amines is 1. The Balaban J connectivity index is 1.58. The van der Waals surface area contributed by atoms with Crippen molar-refractivity contribution in [3.05, 3.63) is 53.6 Å². The first-order valence-electron chi connectivity index (χ1n) is 9.81. The Morgan fingerprint density at radius 1 is 1.23 bits per heavy atom. The number of hydrogen-bond donors (Lipinski definition) is 1. The molecular weight excluding hydrogens is 421 g/mol. The number of carbonyl (C=O) groups is 1. The fourth-order valence-electron chi connectivity index (χ4n) is 4.11. The minimum Gasteiger partial charge on any atom is -0.337 e. The first-order valence-corrected chi connectivity index (χ1v) is 10.2. The molecule has 4 heterocycles. The fraction of sp³-hybridized carbons (Fsp3) is 0.238. The van der Waals surface area contributed by atoms with E-state index >= 15 is 4.39 Å². The van der Waals surface area contributed by atoms with Gasteiger partial charge in [-0.3, -0.25) is 14.3 Å². The van der Waals surface area contributed by atoms with Gasteiger partial charge in [-0.15, -0.1) is 10.2 Å². The first-order chi connectivity index (χ1) is 15.0. The lowest BCUT2D eigenvalue weighted by Crippen LogP contribution is -2.48. The first kappa shape index (κ1) is 19.5. The summed E-state index contributed by atoms with van der Waals surface area (Å²) in [6.45, 7) is 7.58. The van der Waals surface area contributed by atoms with Crippen LogP contribution in [0.4, 0.5) is 10.3 Å². The predicted molar refractivity (Wildman–Crippen MR) is 117 cm³/mol. The van der Waals surface area contributed by atoms with E-state index in [4.69, 9.17) is 11.6 Å². The van der Waals surface area contributed by atoms with Gasteiger partial charge in [0.1, 0.15) is 0 Å². The van der Waals surface area contributed by atoms with Gasteiger partial charge in [-0.05, 0) is 24.6 Å². The van der Waals surface area contributed by atoms with Crippen molar-refractivity contribution in [2.24, 2.45) is 0 Å². The molecule has 0 atom stereocenters. The summed E-state index contributed by atoms with van der Waals surface area (Å²) in [6.07, 6.45) is 4.61. The van der Waals surface area contributed by atoms with Crippen LogP contribution in [-0.4, -0.2) is 61.8 Å². The van der Waals surface area contributed by atoms with Crippen LogP contribution in [0.25, 0.3) is 27.7 Å². The molecular formula is C21H19ClFN7O. The maximum atomic E-state index is 15.7. The molecule has 0 bridgehead atoms. The van der Waals surface area contributed by atoms with Crippen LogP contribution in [0.15, 0.2) is 37.2 Å². The molecule has 0 aliphatic carbocycles. The second-order valence-electron chi connectivity index (χ2n) is 7.46. The van der Waals surface area contributed by atoms with Crippen LogP contribution in [0.1, 0.15) is 5.56 Å². The third kappa shape index (κ3) is 3.04. The zero-order valence-electron chi connectivity index (χ0n) is 16.8. The van der Waals surface area contributed by atoms with Crippen LogP contribution in [0.5, 0.6) is 0 Å². The molecule has 4 aromatic rings. The number of carbonyl (C=O) groups excluding carboxylic acids is 1. The molecule has 1 N–H and O–H groups in total. The summed E-state index contributed by atoms with van der Waals surface area (Å²) in [5.41, 5.74) is 2.72. The largest absolute Gasteiger partial charge is 0.337 e. The average Bonchev–Trinajstić information content (AvgIpc) is 3.42. The highest BCUT2D eigenvalue weighted by molar-refractivity contribution is 6.34. The van der Waals surface area contributed by atoms with E-state index in [1.807, 2.05) is 24.0 Å². The number of rotatable bonds is 3. The van der Waals surface area contributed by atoms with E-state index in [0.29, 0.717) is 37.7 Å². The summed E-state index contributed by atoms with van der Waals surface area (Å²) >= 11 is 6.60. The van der Waals surface area contributed by atoms with E-state index in [1.54, 1.807) is 21.7 Å². The number of benzene rings is 1. The molecule has 158 valence electrons. The maximum absolute atomic E-state index is 15.7. The van der Waals surface area contributed by atoms with Gasteiger partial charge in [-0.2, -0.15) is 5.10 Å². The van der Waals surface area contributed by atoms with Crippen LogP contribution < -0.4 is 4.90 Å². The third-order valence-corrected chi connectivity index (χ3v) is 5.99. The zero-order chi connectivity index (χ0) is 21.7. The van der Waals surface area contributed by atoms with E-state index in [9.17, 15) is 4.79 Å². The monoisotopic (exact) mass is 439 g/mol. The van der Waals surface area contributed by atoms with Crippen molar-refractivity contribution in [2.75, 3.05) is 31.1 Å². The number of nitrogens with zero attached hydrogens (tertiary/aromatic N) is 6. The number of hydrogen-bond acceptors (Lipinski definition) is 5. The van der Waals surface area contributed by atoms with Crippen LogP contribution >= 0.6 is 11.6 Å². The molecule has 3 aromatic heterocycles. The van der Waals surface area contributed by atoms with Gasteiger partial charge in [-0.1, -0.05) is 24.2 Å². The number of fused-ring (bicyclic) bond motifs is 2. The molecule has 5 rings (SSSR count). The number of aromatic nitrogens is 5. The highest BCUT2D eigenvalue weighted by Crippen LogP contribution is 2.39. The van der Waals surface area contributed by atoms with Gasteiger partial charge in [0.25, 0.3) is 0 Å². The zero-order valence-corrected chi connectivity index (χ0v) is 17.5. The summed E-state index contributed by atoms with van der Waals surface area (Å²) < 4.78 is 17.3. The van der Waals surface area contributed by atoms with Crippen LogP contribution in [0.2, 0.25) is 5.02 Å². The Labute approximate surface area is 181 Å². The van der Waals surface area contributed by atoms with Gasteiger partial charge in [0, 0.05) is 48.9 Å². The molecule has 1 fully saturated rings. The number of H-pyrrole nitrogens is 1. The predicted octanol–water partition coefficient (Wildman–Crippen LogP) is 3.21. The van der Waals surface area contributed by atoms with Crippen LogP contribution in [0.3, 0.4) is 0 Å². The van der Waals surface area contributed by atoms with Gasteiger partial charge in [0.2, 0.25) is 11.9 Å². The number of anilines is 1. The molecule has 0 spiro atoms. The Bertz CT molecular complexity index is 1340. The number of piperazine rings is 1. The van der Waals surface area contributed by atoms with E-state index in [-0.39, 0.29) is 22.1 Å². The molecule has 1 saturated heterocycles. The number of nitrogens with one attached hydrogen (secondary N) is 1. The van der Waals surface area contributed by atoms with Crippen LogP contribution in [0, 0.1) is 12.7 Å². The molecule has 10 heteroatoms. The molecule has 1 aliphatic rings. The van der Waals surface area contributed by atoms with Crippen LogP contribution in [-0.2, 0) is 4.79 Å². The van der Waals surface area contributed by atoms with Crippen molar-refractivity contribution < 1.29 is 9.18 Å². The highest BCUT2D eigenvalue weighted by Gasteiger charge is 2.26. The molecule has 31 heavy (non-hydrogen) atoms. The van der Waals surface area contributed by atoms with Gasteiger partial charge in [0.05, 0.1) is 16.7 Å². The standard InChI is InChI=1S/C21H19ClFN7O/c1-3-16(31)28-6-8-29(9-7-28)21-27-26-20-19(23)18(14(22)11-30(20)21)17-12(2)4-5-15-13(17)10-24-25-15/h3-5,10-11H,1,6-9H2,2H3,(H,24,25). The molecule has 1 aromatic carbocycles. The summed E-state index contributed by atoms with van der Waals surface area (Å²) in [5, 5.41) is 16.3. The van der Waals surface area contributed by atoms with Crippen molar-refractivity contribution in [1.82, 2.24) is 29.7 Å². The molecule has 0 unspecified atom stereocenters. The van der Waals surface area contributed by atoms with Gasteiger partial charge < -0.3 is 9.80 Å². The third-order valence-electron chi connectivity index (χ3n) is 5.71. The van der Waals surface area contributed by atoms with Gasteiger partial charge >= 0.3 is 0 Å². The Hall–Kier alpha value is -3.46. The lowest BCUT2D eigenvalue weighted by atomic mass is 9.97. The van der Waals surface area contributed by atoms with Gasteiger partial charge in [0.15, 0.2) is 11.5 Å². The Morgan fingerprint density at radius 2 is 2.00 bits per heavy atom. The van der Waals surface area contributed by atoms with E-state index in [0.717, 1.165) is 16.5 Å². The number of aryl methyl sites for hydroxylation is 1. The average molecular weight is 440 g/mol. The summed E-state index contributed by atoms with van der Waals surface area (Å²) in [4.78, 5) is 15.5. The lowest BCUT2D eigenvalue weighted by Gasteiger charge is -2.34. The second kappa shape index (κ2) is 7.35. The fourth-order valence-corrected chi connectivity index (χ4v) is 4.38. The van der Waals surface area contributed by atoms with Gasteiger partial charge in [-0.25, -0.2) is 4.39 Å². The normalized spacial score (nSPS) is 14.5. The minimum absolute atomic E-state index is 0.0962. The van der Waals surface area contributed by atoms with E-state index in [2.05, 4.69) is 27.0 Å². The van der Waals surface area contributed by atoms with Crippen molar-refractivity contribution in [1.29, 1.82) is 0 Å². The quantitative estimate of drug-likeness (QED) is 0.496. The SMILES string of the molecule is C=CC(=O)N1CCN(c2nnc3c(F)c(-c4c(C)ccc5[nH]ncc45)c(Cl)cn23)CC1. The summed E-state index contributed by atoms with van der Waals surface area (Å²) in [5.74, 6) is -0.150. The van der Waals surface area contributed by atoms with E-state index in [1.165, 1.54) is 6.08 Å². The highest BCUT2D eigenvalue weighted by atomic mass is 35.5. The summed E-state index contributed by atoms with van der Waals surface area (Å²) in [6, 6.07) is 3.80. The summed E-state index contributed by atoms with van der Waals surface area (Å²) in [7, 11) is 0. The lowest BCUT2D eigenvalue weighted by molar-refractivity contribution is -0.126. The number of amides is 1. The smallest absolute Gasteiger partial charge is 0.246 e. The molecule has 1 aliphatic heterocycles. The molecule has 8 nitrogen and oxygen atoms in total. The number of halogens is 2. The van der Waals surface area contributed by atoms with Crippen molar-refractivity contribution in [3.8, 4) is 11.1 Å².